The number of amides is 6. The molecule has 24 heteroatoms. The molecule has 6 aromatic rings. The zero-order valence-corrected chi connectivity index (χ0v) is 57.8. The van der Waals surface area contributed by atoms with Crippen LogP contribution < -0.4 is 37.2 Å². The molecule has 7 N–H and O–H groups in total. The van der Waals surface area contributed by atoms with Gasteiger partial charge in [0.25, 0.3) is 11.8 Å². The van der Waals surface area contributed by atoms with Crippen LogP contribution in [0.3, 0.4) is 0 Å². The Morgan fingerprint density at radius 2 is 1.04 bits per heavy atom. The molecule has 10 heterocycles. The number of piperidine rings is 3. The number of benzene rings is 2. The predicted molar refractivity (Wildman–Crippen MR) is 375 cm³/mol. The molecule has 506 valence electrons. The average Bonchev–Trinajstić information content (AvgIpc) is 1.61. The fraction of sp³-hybridized carbons (Fsp3) is 0.486. The number of likely N-dealkylation sites (tertiary alicyclic amines) is 3. The molecule has 4 aromatic heterocycles. The van der Waals surface area contributed by atoms with E-state index in [-0.39, 0.29) is 45.4 Å². The molecule has 6 aliphatic rings. The Labute approximate surface area is 564 Å². The summed E-state index contributed by atoms with van der Waals surface area (Å²) in [7, 11) is 0. The minimum Gasteiger partial charge on any atom is -0.444 e. The monoisotopic (exact) mass is 1350 g/mol. The molecule has 0 atom stereocenters. The summed E-state index contributed by atoms with van der Waals surface area (Å²) in [5.41, 5.74) is 11.0. The van der Waals surface area contributed by atoms with Crippen molar-refractivity contribution in [3.8, 4) is 20.9 Å². The Kier molecular flexibility index (Phi) is 24.3. The molecule has 20 nitrogen and oxygen atoms in total. The Morgan fingerprint density at radius 1 is 0.553 bits per heavy atom. The van der Waals surface area contributed by atoms with Crippen LogP contribution in [0.25, 0.3) is 20.9 Å². The highest BCUT2D eigenvalue weighted by Crippen LogP contribution is 2.42. The molecule has 6 fully saturated rings. The number of hydrogen-bond donors (Lipinski definition) is 6. The summed E-state index contributed by atoms with van der Waals surface area (Å²) in [4.78, 5) is 91.3. The van der Waals surface area contributed by atoms with Gasteiger partial charge in [-0.15, -0.1) is 22.7 Å². The number of anilines is 5. The van der Waals surface area contributed by atoms with Crippen molar-refractivity contribution >= 4 is 98.7 Å². The summed E-state index contributed by atoms with van der Waals surface area (Å²) in [6, 6.07) is 25.9. The Balaban J connectivity index is 0.000000170. The standard InChI is InChI=1S/C26H29N5O2S.C21H20ClN3O3S.C13H24N2O2.C10H18N2O.FH/c1-18(32)31-13-10-26(17-31)8-11-30(12-9-26)24-7-5-20(16-28-24)25(33)29-22-15-19(4-6-21(22)27)23-3-2-14-34-23;1-21(2,3)28-20(27)25-15-8-6-13(17-5-4-10-29-17)11-16(15)24-19(26)14-7-9-18(22)23-12-14;1-12(2,3)17-11(16)15-8-5-13(6-9-15)4-7-14-10-13;1-9(13)12-7-4-10(8-12)2-5-11-6-3-10;/h2-7,14-16H,8-13,17,27H2,1H3,(H,29,33);4-12H,1-3H3,(H,24,26)(H,25,27);14H,4-10H2,1-3H3;11H,2-8H2,1H3;1H. The Bertz CT molecular complexity index is 3520. The number of nitrogen functional groups attached to an aromatic ring is 1. The number of hydrogen-bond acceptors (Lipinski definition) is 16. The summed E-state index contributed by atoms with van der Waals surface area (Å²) in [6.45, 7) is 26.2. The lowest BCUT2D eigenvalue weighted by Crippen LogP contribution is -2.45. The molecule has 0 saturated carbocycles. The maximum absolute atomic E-state index is 12.9. The highest BCUT2D eigenvalue weighted by atomic mass is 35.5. The van der Waals surface area contributed by atoms with Crippen molar-refractivity contribution in [1.29, 1.82) is 0 Å². The SMILES string of the molecule is CC(=O)N1CCC2(CCN(c3ccc(C(=O)Nc4cc(-c5cccs5)ccc4N)cn3)CC2)C1.CC(=O)N1CCC2(CCNCC2)C1.CC(C)(C)OC(=O)N1CCC2(CCNC2)CC1.CC(C)(C)OC(=O)Nc1ccc(-c2cccs2)cc1NC(=O)c1ccc(Cl)nc1.F. The lowest BCUT2D eigenvalue weighted by molar-refractivity contribution is -0.129. The second-order valence-corrected chi connectivity index (χ2v) is 29.6. The van der Waals surface area contributed by atoms with Gasteiger partial charge in [-0.1, -0.05) is 35.9 Å². The van der Waals surface area contributed by atoms with Crippen LogP contribution in [-0.4, -0.2) is 150 Å². The summed E-state index contributed by atoms with van der Waals surface area (Å²) >= 11 is 9.01. The fourth-order valence-corrected chi connectivity index (χ4v) is 14.3. The van der Waals surface area contributed by atoms with Gasteiger partial charge in [0.05, 0.1) is 33.9 Å². The molecule has 6 aliphatic heterocycles. The zero-order chi connectivity index (χ0) is 66.6. The molecular weight excluding hydrogens is 1260 g/mol. The van der Waals surface area contributed by atoms with E-state index in [0.717, 1.165) is 137 Å². The summed E-state index contributed by atoms with van der Waals surface area (Å²) in [5.74, 6) is 0.698. The van der Waals surface area contributed by atoms with Crippen LogP contribution in [0, 0.1) is 16.2 Å². The van der Waals surface area contributed by atoms with E-state index >= 15 is 0 Å². The lowest BCUT2D eigenvalue weighted by Gasteiger charge is -2.39. The number of halogens is 2. The average molecular weight is 1350 g/mol. The molecule has 12 rings (SSSR count). The van der Waals surface area contributed by atoms with Crippen LogP contribution >= 0.6 is 34.3 Å². The second kappa shape index (κ2) is 31.7. The van der Waals surface area contributed by atoms with Crippen molar-refractivity contribution in [3.63, 3.8) is 0 Å². The van der Waals surface area contributed by atoms with Crippen molar-refractivity contribution in [3.05, 3.63) is 124 Å². The predicted octanol–water partition coefficient (Wildman–Crippen LogP) is 13.3. The van der Waals surface area contributed by atoms with Gasteiger partial charge in [0.1, 0.15) is 22.2 Å². The molecular formula is C70H92ClFN12O8S2. The topological polar surface area (TPSA) is 246 Å². The maximum atomic E-state index is 12.9. The third-order valence-electron chi connectivity index (χ3n) is 18.2. The Hall–Kier alpha value is -7.70. The van der Waals surface area contributed by atoms with Gasteiger partial charge in [-0.3, -0.25) is 29.2 Å². The van der Waals surface area contributed by atoms with E-state index in [1.54, 1.807) is 87.8 Å². The molecule has 0 unspecified atom stereocenters. The van der Waals surface area contributed by atoms with E-state index in [4.69, 9.17) is 26.8 Å². The van der Waals surface area contributed by atoms with Gasteiger partial charge in [-0.25, -0.2) is 19.6 Å². The molecule has 0 radical (unpaired) electrons. The zero-order valence-electron chi connectivity index (χ0n) is 55.4. The van der Waals surface area contributed by atoms with E-state index in [2.05, 4.69) is 41.5 Å². The fourth-order valence-electron chi connectivity index (χ4n) is 12.7. The number of carbonyl (C=O) groups excluding carboxylic acids is 6. The molecule has 6 amide bonds. The summed E-state index contributed by atoms with van der Waals surface area (Å²) in [6.07, 6.45) is 12.6. The van der Waals surface area contributed by atoms with E-state index in [1.165, 1.54) is 31.9 Å². The van der Waals surface area contributed by atoms with Crippen LogP contribution in [0.1, 0.15) is 134 Å². The number of rotatable bonds is 8. The second-order valence-electron chi connectivity index (χ2n) is 27.3. The normalized spacial score (nSPS) is 17.7. The minimum absolute atomic E-state index is 0. The van der Waals surface area contributed by atoms with E-state index in [1.807, 2.05) is 107 Å². The van der Waals surface area contributed by atoms with Crippen LogP contribution in [-0.2, 0) is 19.1 Å². The number of thiophene rings is 2. The van der Waals surface area contributed by atoms with Crippen molar-refractivity contribution in [2.45, 2.75) is 124 Å². The van der Waals surface area contributed by atoms with Crippen LogP contribution in [0.4, 0.5) is 42.9 Å². The maximum Gasteiger partial charge on any atom is 0.412 e. The largest absolute Gasteiger partial charge is 0.444 e. The highest BCUT2D eigenvalue weighted by Gasteiger charge is 2.43. The van der Waals surface area contributed by atoms with Gasteiger partial charge in [0.2, 0.25) is 11.8 Å². The van der Waals surface area contributed by atoms with Gasteiger partial charge in [-0.2, -0.15) is 0 Å². The van der Waals surface area contributed by atoms with E-state index < -0.39 is 11.7 Å². The smallest absolute Gasteiger partial charge is 0.412 e. The highest BCUT2D eigenvalue weighted by molar-refractivity contribution is 7.13. The molecule has 94 heavy (non-hydrogen) atoms. The third-order valence-corrected chi connectivity index (χ3v) is 20.3. The third kappa shape index (κ3) is 19.9. The van der Waals surface area contributed by atoms with Crippen molar-refractivity contribution in [1.82, 2.24) is 35.3 Å². The van der Waals surface area contributed by atoms with E-state index in [9.17, 15) is 28.8 Å². The number of ether oxygens (including phenoxy) is 2. The van der Waals surface area contributed by atoms with Gasteiger partial charge < -0.3 is 56.1 Å². The molecule has 0 aliphatic carbocycles. The first-order valence-electron chi connectivity index (χ1n) is 32.2. The van der Waals surface area contributed by atoms with Gasteiger partial charge in [-0.05, 0) is 218 Å². The minimum atomic E-state index is -0.640. The van der Waals surface area contributed by atoms with Crippen molar-refractivity contribution in [2.75, 3.05) is 105 Å². The van der Waals surface area contributed by atoms with Crippen LogP contribution in [0.2, 0.25) is 5.15 Å². The van der Waals surface area contributed by atoms with Crippen LogP contribution in [0.5, 0.6) is 0 Å². The first-order chi connectivity index (χ1) is 44.3. The molecule has 6 saturated heterocycles. The van der Waals surface area contributed by atoms with Crippen LogP contribution in [0.15, 0.2) is 108 Å². The molecule has 2 aromatic carbocycles. The first kappa shape index (κ1) is 72.1. The first-order valence-corrected chi connectivity index (χ1v) is 34.4. The van der Waals surface area contributed by atoms with Gasteiger partial charge in [0.15, 0.2) is 0 Å². The Morgan fingerprint density at radius 3 is 1.53 bits per heavy atom. The molecule has 0 bridgehead atoms. The number of pyridine rings is 2. The number of nitrogens with two attached hydrogens (primary N) is 1. The number of aromatic nitrogens is 2. The molecule has 3 spiro atoms. The summed E-state index contributed by atoms with van der Waals surface area (Å²) < 4.78 is 10.7. The summed E-state index contributed by atoms with van der Waals surface area (Å²) in [5, 5.41) is 19.6. The number of nitrogens with zero attached hydrogens (tertiary/aromatic N) is 6. The van der Waals surface area contributed by atoms with Crippen molar-refractivity contribution < 1.29 is 42.9 Å². The van der Waals surface area contributed by atoms with Crippen molar-refractivity contribution in [2.24, 2.45) is 16.2 Å². The van der Waals surface area contributed by atoms with Gasteiger partial charge in [0, 0.05) is 94.9 Å². The quantitative estimate of drug-likeness (QED) is 0.0613. The lowest BCUT2D eigenvalue weighted by atomic mass is 9.78. The number of carbonyl (C=O) groups is 6. The van der Waals surface area contributed by atoms with E-state index in [0.29, 0.717) is 49.9 Å². The van der Waals surface area contributed by atoms with Gasteiger partial charge >= 0.3 is 12.2 Å². The number of nitrogens with one attached hydrogen (secondary N) is 5.